The molecular weight excluding hydrogens is 546 g/mol. The van der Waals surface area contributed by atoms with E-state index in [0.29, 0.717) is 30.1 Å². The largest absolute Gasteiger partial charge is 0.495 e. The average Bonchev–Trinajstić information content (AvgIpc) is 2.96. The van der Waals surface area contributed by atoms with Crippen LogP contribution in [0.25, 0.3) is 0 Å². The van der Waals surface area contributed by atoms with Crippen LogP contribution in [0.2, 0.25) is 0 Å². The molecule has 152 valence electrons. The summed E-state index contributed by atoms with van der Waals surface area (Å²) >= 11 is 12.9. The predicted octanol–water partition coefficient (Wildman–Crippen LogP) is 4.77. The monoisotopic (exact) mass is 559 g/mol. The standard InChI is InChI=1S/C18H15Br2N3O4S2/c1-4-27-17(25)14-8(2)11(7-21)16(29-14)23-18(28)22-15(24)10-5-9(19)6-12(20)13(10)26-3/h5-6H,4H2,1-3H3,(H2,22,23,24,28). The Kier molecular flexibility index (Phi) is 8.15. The van der Waals surface area contributed by atoms with Crippen molar-refractivity contribution in [2.24, 2.45) is 0 Å². The number of thiocarbonyl (C=S) groups is 1. The van der Waals surface area contributed by atoms with E-state index in [2.05, 4.69) is 42.5 Å². The Morgan fingerprint density at radius 3 is 2.62 bits per heavy atom. The lowest BCUT2D eigenvalue weighted by atomic mass is 10.2. The lowest BCUT2D eigenvalue weighted by Crippen LogP contribution is -2.34. The molecule has 0 unspecified atom stereocenters. The molecule has 0 radical (unpaired) electrons. The number of rotatable bonds is 5. The second-order valence-corrected chi connectivity index (χ2v) is 8.67. The summed E-state index contributed by atoms with van der Waals surface area (Å²) in [5, 5.41) is 15.1. The number of hydrogen-bond acceptors (Lipinski definition) is 7. The maximum absolute atomic E-state index is 12.7. The molecule has 0 aliphatic heterocycles. The van der Waals surface area contributed by atoms with E-state index in [1.54, 1.807) is 26.0 Å². The van der Waals surface area contributed by atoms with E-state index in [0.717, 1.165) is 11.3 Å². The van der Waals surface area contributed by atoms with Crippen molar-refractivity contribution in [3.63, 3.8) is 0 Å². The van der Waals surface area contributed by atoms with E-state index in [1.807, 2.05) is 6.07 Å². The molecular formula is C18H15Br2N3O4S2. The molecule has 2 N–H and O–H groups in total. The van der Waals surface area contributed by atoms with Gasteiger partial charge in [-0.15, -0.1) is 11.3 Å². The van der Waals surface area contributed by atoms with Crippen molar-refractivity contribution < 1.29 is 19.1 Å². The number of nitriles is 1. The highest BCUT2D eigenvalue weighted by atomic mass is 79.9. The summed E-state index contributed by atoms with van der Waals surface area (Å²) in [6.07, 6.45) is 0. The summed E-state index contributed by atoms with van der Waals surface area (Å²) in [6.45, 7) is 3.57. The van der Waals surface area contributed by atoms with Gasteiger partial charge in [0.25, 0.3) is 5.91 Å². The molecule has 1 aromatic carbocycles. The molecule has 1 aromatic heterocycles. The van der Waals surface area contributed by atoms with E-state index in [9.17, 15) is 14.9 Å². The van der Waals surface area contributed by atoms with Crippen LogP contribution in [-0.2, 0) is 4.74 Å². The molecule has 7 nitrogen and oxygen atoms in total. The highest BCUT2D eigenvalue weighted by molar-refractivity contribution is 9.11. The minimum Gasteiger partial charge on any atom is -0.495 e. The molecule has 0 saturated heterocycles. The van der Waals surface area contributed by atoms with Gasteiger partial charge in [-0.1, -0.05) is 15.9 Å². The van der Waals surface area contributed by atoms with Crippen LogP contribution in [0, 0.1) is 18.3 Å². The van der Waals surface area contributed by atoms with Crippen LogP contribution >= 0.6 is 55.4 Å². The SMILES string of the molecule is CCOC(=O)c1sc(NC(=S)NC(=O)c2cc(Br)cc(Br)c2OC)c(C#N)c1C. The molecule has 2 aromatic rings. The van der Waals surface area contributed by atoms with E-state index < -0.39 is 11.9 Å². The Labute approximate surface area is 193 Å². The van der Waals surface area contributed by atoms with Crippen LogP contribution in [0.4, 0.5) is 5.00 Å². The summed E-state index contributed by atoms with van der Waals surface area (Å²) in [5.74, 6) is -0.667. The van der Waals surface area contributed by atoms with E-state index >= 15 is 0 Å². The van der Waals surface area contributed by atoms with Crippen molar-refractivity contribution in [1.29, 1.82) is 5.26 Å². The summed E-state index contributed by atoms with van der Waals surface area (Å²) in [5.41, 5.74) is 1.01. The second-order valence-electron chi connectivity index (χ2n) is 5.47. The number of anilines is 1. The smallest absolute Gasteiger partial charge is 0.348 e. The molecule has 2 rings (SSSR count). The fourth-order valence-corrected chi connectivity index (χ4v) is 5.07. The Balaban J connectivity index is 2.24. The van der Waals surface area contributed by atoms with Gasteiger partial charge in [0.1, 0.15) is 21.7 Å². The van der Waals surface area contributed by atoms with Gasteiger partial charge in [0.15, 0.2) is 5.11 Å². The Hall–Kier alpha value is -2.00. The van der Waals surface area contributed by atoms with Crippen molar-refractivity contribution in [1.82, 2.24) is 5.32 Å². The maximum Gasteiger partial charge on any atom is 0.348 e. The molecule has 1 amide bonds. The average molecular weight is 561 g/mol. The number of benzene rings is 1. The third-order valence-electron chi connectivity index (χ3n) is 3.63. The third kappa shape index (κ3) is 5.33. The zero-order valence-electron chi connectivity index (χ0n) is 15.5. The molecule has 1 heterocycles. The van der Waals surface area contributed by atoms with Crippen LogP contribution in [0.5, 0.6) is 5.75 Å². The number of nitrogens with one attached hydrogen (secondary N) is 2. The molecule has 0 aliphatic rings. The summed E-state index contributed by atoms with van der Waals surface area (Å²) < 4.78 is 11.5. The van der Waals surface area contributed by atoms with Gasteiger partial charge >= 0.3 is 5.97 Å². The van der Waals surface area contributed by atoms with Gasteiger partial charge in [-0.05, 0) is 59.7 Å². The highest BCUT2D eigenvalue weighted by Gasteiger charge is 2.23. The number of thiophene rings is 1. The summed E-state index contributed by atoms with van der Waals surface area (Å²) in [7, 11) is 1.45. The predicted molar refractivity (Wildman–Crippen MR) is 122 cm³/mol. The minimum absolute atomic E-state index is 0.0266. The lowest BCUT2D eigenvalue weighted by molar-refractivity contribution is 0.0531. The lowest BCUT2D eigenvalue weighted by Gasteiger charge is -2.13. The van der Waals surface area contributed by atoms with Gasteiger partial charge in [-0.2, -0.15) is 5.26 Å². The molecule has 0 fully saturated rings. The third-order valence-corrected chi connectivity index (χ3v) is 6.07. The molecule has 0 spiro atoms. The van der Waals surface area contributed by atoms with Crippen molar-refractivity contribution in [3.8, 4) is 11.8 Å². The number of esters is 1. The van der Waals surface area contributed by atoms with Gasteiger partial charge in [0.05, 0.1) is 29.3 Å². The van der Waals surface area contributed by atoms with E-state index in [4.69, 9.17) is 21.7 Å². The van der Waals surface area contributed by atoms with Crippen LogP contribution in [0.3, 0.4) is 0 Å². The first-order valence-corrected chi connectivity index (χ1v) is 10.9. The molecule has 0 saturated carbocycles. The first kappa shape index (κ1) is 23.3. The number of hydrogen-bond donors (Lipinski definition) is 2. The van der Waals surface area contributed by atoms with Crippen LogP contribution in [0.15, 0.2) is 21.1 Å². The molecule has 11 heteroatoms. The number of amides is 1. The van der Waals surface area contributed by atoms with Gasteiger partial charge in [-0.3, -0.25) is 10.1 Å². The van der Waals surface area contributed by atoms with Crippen molar-refractivity contribution >= 4 is 77.4 Å². The van der Waals surface area contributed by atoms with Crippen molar-refractivity contribution in [3.05, 3.63) is 42.6 Å². The quantitative estimate of drug-likeness (QED) is 0.401. The van der Waals surface area contributed by atoms with E-state index in [1.165, 1.54) is 7.11 Å². The normalized spacial score (nSPS) is 10.1. The zero-order chi connectivity index (χ0) is 21.7. The molecule has 0 bridgehead atoms. The fraction of sp³-hybridized carbons (Fsp3) is 0.222. The number of carbonyl (C=O) groups excluding carboxylic acids is 2. The first-order valence-electron chi connectivity index (χ1n) is 8.09. The van der Waals surface area contributed by atoms with Gasteiger partial charge < -0.3 is 14.8 Å². The van der Waals surface area contributed by atoms with E-state index in [-0.39, 0.29) is 22.8 Å². The fourth-order valence-electron chi connectivity index (χ4n) is 2.37. The van der Waals surface area contributed by atoms with Crippen molar-refractivity contribution in [2.45, 2.75) is 13.8 Å². The molecule has 0 atom stereocenters. The van der Waals surface area contributed by atoms with Gasteiger partial charge in [0.2, 0.25) is 0 Å². The number of nitrogens with zero attached hydrogens (tertiary/aromatic N) is 1. The Morgan fingerprint density at radius 2 is 2.03 bits per heavy atom. The Bertz CT molecular complexity index is 1030. The number of carbonyl (C=O) groups is 2. The second kappa shape index (κ2) is 10.2. The summed E-state index contributed by atoms with van der Waals surface area (Å²) in [4.78, 5) is 25.0. The minimum atomic E-state index is -0.516. The summed E-state index contributed by atoms with van der Waals surface area (Å²) in [6, 6.07) is 5.38. The van der Waals surface area contributed by atoms with Crippen LogP contribution in [-0.4, -0.2) is 30.7 Å². The Morgan fingerprint density at radius 1 is 1.34 bits per heavy atom. The number of halogens is 2. The number of methoxy groups -OCH3 is 1. The van der Waals surface area contributed by atoms with Crippen molar-refractivity contribution in [2.75, 3.05) is 19.0 Å². The van der Waals surface area contributed by atoms with Gasteiger partial charge in [0, 0.05) is 4.47 Å². The van der Waals surface area contributed by atoms with Crippen LogP contribution < -0.4 is 15.4 Å². The zero-order valence-corrected chi connectivity index (χ0v) is 20.3. The van der Waals surface area contributed by atoms with Gasteiger partial charge in [-0.25, -0.2) is 4.79 Å². The topological polar surface area (TPSA) is 100 Å². The first-order chi connectivity index (χ1) is 13.7. The van der Waals surface area contributed by atoms with Crippen LogP contribution in [0.1, 0.15) is 38.1 Å². The number of ether oxygens (including phenoxy) is 2. The molecule has 0 aliphatic carbocycles. The maximum atomic E-state index is 12.7. The highest BCUT2D eigenvalue weighted by Crippen LogP contribution is 2.34. The molecule has 29 heavy (non-hydrogen) atoms.